The van der Waals surface area contributed by atoms with Crippen molar-refractivity contribution in [3.05, 3.63) is 33.8 Å². The van der Waals surface area contributed by atoms with Crippen molar-refractivity contribution in [2.75, 3.05) is 6.54 Å². The van der Waals surface area contributed by atoms with E-state index >= 15 is 0 Å². The highest BCUT2D eigenvalue weighted by Gasteiger charge is 2.07. The summed E-state index contributed by atoms with van der Waals surface area (Å²) in [5.41, 5.74) is 1.56. The van der Waals surface area contributed by atoms with Crippen molar-refractivity contribution in [1.82, 2.24) is 5.32 Å². The van der Waals surface area contributed by atoms with E-state index in [2.05, 4.69) is 21.2 Å². The largest absolute Gasteiger partial charge is 0.481 e. The predicted molar refractivity (Wildman–Crippen MR) is 63.5 cm³/mol. The molecule has 1 aromatic rings. The number of carbonyl (C=O) groups excluding carboxylic acids is 1. The van der Waals surface area contributed by atoms with Crippen LogP contribution in [0.3, 0.4) is 0 Å². The Kier molecular flexibility index (Phi) is 4.49. The number of carboxylic acids is 1. The second-order valence-corrected chi connectivity index (χ2v) is 4.22. The Balaban J connectivity index is 2.59. The molecule has 0 aromatic heterocycles. The smallest absolute Gasteiger partial charge is 0.305 e. The van der Waals surface area contributed by atoms with Gasteiger partial charge in [0.25, 0.3) is 5.91 Å². The quantitative estimate of drug-likeness (QED) is 0.889. The lowest BCUT2D eigenvalue weighted by molar-refractivity contribution is -0.136. The van der Waals surface area contributed by atoms with Crippen LogP contribution in [0, 0.1) is 6.92 Å². The molecule has 0 aliphatic rings. The van der Waals surface area contributed by atoms with Gasteiger partial charge in [-0.15, -0.1) is 0 Å². The van der Waals surface area contributed by atoms with Gasteiger partial charge in [0, 0.05) is 16.6 Å². The van der Waals surface area contributed by atoms with Crippen LogP contribution in [0.15, 0.2) is 22.7 Å². The summed E-state index contributed by atoms with van der Waals surface area (Å²) in [6, 6.07) is 5.25. The molecule has 0 heterocycles. The Bertz CT molecular complexity index is 418. The molecule has 0 radical (unpaired) electrons. The number of amides is 1. The molecule has 1 rings (SSSR count). The topological polar surface area (TPSA) is 66.4 Å². The molecule has 4 nitrogen and oxygen atoms in total. The van der Waals surface area contributed by atoms with Crippen LogP contribution in [0.5, 0.6) is 0 Å². The van der Waals surface area contributed by atoms with Gasteiger partial charge in [-0.25, -0.2) is 0 Å². The van der Waals surface area contributed by atoms with Gasteiger partial charge in [0.15, 0.2) is 0 Å². The first kappa shape index (κ1) is 12.7. The number of aryl methyl sites for hydroxylation is 1. The Morgan fingerprint density at radius 1 is 1.44 bits per heavy atom. The summed E-state index contributed by atoms with van der Waals surface area (Å²) in [5, 5.41) is 11.0. The van der Waals surface area contributed by atoms with Gasteiger partial charge in [-0.05, 0) is 24.6 Å². The van der Waals surface area contributed by atoms with Crippen molar-refractivity contribution >= 4 is 27.8 Å². The molecule has 16 heavy (non-hydrogen) atoms. The maximum Gasteiger partial charge on any atom is 0.305 e. The third-order valence-electron chi connectivity index (χ3n) is 2.06. The standard InChI is InChI=1S/C11H12BrNO3/c1-7-2-3-8(6-9(7)12)11(16)13-5-4-10(14)15/h2-3,6H,4-5H2,1H3,(H,13,16)(H,14,15). The molecule has 0 atom stereocenters. The maximum atomic E-state index is 11.6. The number of nitrogens with one attached hydrogen (secondary N) is 1. The lowest BCUT2D eigenvalue weighted by Gasteiger charge is -2.05. The molecule has 1 amide bonds. The number of halogens is 1. The minimum Gasteiger partial charge on any atom is -0.481 e. The Labute approximate surface area is 102 Å². The van der Waals surface area contributed by atoms with Crippen molar-refractivity contribution in [1.29, 1.82) is 0 Å². The van der Waals surface area contributed by atoms with E-state index in [1.54, 1.807) is 12.1 Å². The molecule has 0 bridgehead atoms. The number of carboxylic acid groups (broad SMARTS) is 1. The van der Waals surface area contributed by atoms with E-state index in [9.17, 15) is 9.59 Å². The molecule has 1 aromatic carbocycles. The molecule has 0 spiro atoms. The van der Waals surface area contributed by atoms with Crippen LogP contribution >= 0.6 is 15.9 Å². The Hall–Kier alpha value is -1.36. The van der Waals surface area contributed by atoms with Crippen LogP contribution < -0.4 is 5.32 Å². The number of benzene rings is 1. The fourth-order valence-corrected chi connectivity index (χ4v) is 1.50. The first-order valence-electron chi connectivity index (χ1n) is 4.77. The molecule has 2 N–H and O–H groups in total. The lowest BCUT2D eigenvalue weighted by atomic mass is 10.1. The fraction of sp³-hybridized carbons (Fsp3) is 0.273. The highest BCUT2D eigenvalue weighted by Crippen LogP contribution is 2.17. The van der Waals surface area contributed by atoms with Gasteiger partial charge in [0.2, 0.25) is 0 Å². The van der Waals surface area contributed by atoms with E-state index in [0.29, 0.717) is 5.56 Å². The Morgan fingerprint density at radius 2 is 2.12 bits per heavy atom. The molecule has 0 fully saturated rings. The first-order valence-corrected chi connectivity index (χ1v) is 5.56. The maximum absolute atomic E-state index is 11.6. The number of aliphatic carboxylic acids is 1. The van der Waals surface area contributed by atoms with E-state index in [1.165, 1.54) is 0 Å². The Morgan fingerprint density at radius 3 is 2.69 bits per heavy atom. The number of carbonyl (C=O) groups is 2. The second kappa shape index (κ2) is 5.65. The van der Waals surface area contributed by atoms with Crippen molar-refractivity contribution in [3.63, 3.8) is 0 Å². The molecule has 5 heteroatoms. The average Bonchev–Trinajstić information content (AvgIpc) is 2.21. The van der Waals surface area contributed by atoms with E-state index < -0.39 is 5.97 Å². The van der Waals surface area contributed by atoms with Gasteiger partial charge >= 0.3 is 5.97 Å². The van der Waals surface area contributed by atoms with E-state index in [4.69, 9.17) is 5.11 Å². The number of hydrogen-bond donors (Lipinski definition) is 2. The van der Waals surface area contributed by atoms with Crippen LogP contribution in [-0.2, 0) is 4.79 Å². The molecule has 86 valence electrons. The van der Waals surface area contributed by atoms with Crippen LogP contribution in [0.1, 0.15) is 22.3 Å². The molecular formula is C11H12BrNO3. The summed E-state index contributed by atoms with van der Waals surface area (Å²) in [7, 11) is 0. The lowest BCUT2D eigenvalue weighted by Crippen LogP contribution is -2.25. The summed E-state index contributed by atoms with van der Waals surface area (Å²) in [6.45, 7) is 2.07. The molecule has 0 aliphatic heterocycles. The molecule has 0 saturated heterocycles. The van der Waals surface area contributed by atoms with E-state index in [1.807, 2.05) is 13.0 Å². The SMILES string of the molecule is Cc1ccc(C(=O)NCCC(=O)O)cc1Br. The monoisotopic (exact) mass is 285 g/mol. The zero-order chi connectivity index (χ0) is 12.1. The van der Waals surface area contributed by atoms with Crippen LogP contribution in [-0.4, -0.2) is 23.5 Å². The van der Waals surface area contributed by atoms with Crippen LogP contribution in [0.4, 0.5) is 0 Å². The van der Waals surface area contributed by atoms with E-state index in [-0.39, 0.29) is 18.9 Å². The normalized spacial score (nSPS) is 9.88. The highest BCUT2D eigenvalue weighted by atomic mass is 79.9. The van der Waals surface area contributed by atoms with Gasteiger partial charge in [-0.3, -0.25) is 9.59 Å². The molecule has 0 aliphatic carbocycles. The molecule has 0 saturated carbocycles. The number of hydrogen-bond acceptors (Lipinski definition) is 2. The number of rotatable bonds is 4. The molecule has 0 unspecified atom stereocenters. The van der Waals surface area contributed by atoms with E-state index in [0.717, 1.165) is 10.0 Å². The minimum absolute atomic E-state index is 0.0707. The first-order chi connectivity index (χ1) is 7.50. The fourth-order valence-electron chi connectivity index (χ4n) is 1.12. The summed E-state index contributed by atoms with van der Waals surface area (Å²) in [6.07, 6.45) is -0.0707. The summed E-state index contributed by atoms with van der Waals surface area (Å²) < 4.78 is 0.860. The van der Waals surface area contributed by atoms with Crippen molar-refractivity contribution in [2.24, 2.45) is 0 Å². The third-order valence-corrected chi connectivity index (χ3v) is 2.91. The van der Waals surface area contributed by atoms with Gasteiger partial charge < -0.3 is 10.4 Å². The van der Waals surface area contributed by atoms with Crippen LogP contribution in [0.2, 0.25) is 0 Å². The third kappa shape index (κ3) is 3.66. The van der Waals surface area contributed by atoms with Gasteiger partial charge in [0.05, 0.1) is 6.42 Å². The van der Waals surface area contributed by atoms with Crippen molar-refractivity contribution in [2.45, 2.75) is 13.3 Å². The summed E-state index contributed by atoms with van der Waals surface area (Å²) in [5.74, 6) is -1.19. The average molecular weight is 286 g/mol. The highest BCUT2D eigenvalue weighted by molar-refractivity contribution is 9.10. The second-order valence-electron chi connectivity index (χ2n) is 3.36. The van der Waals surface area contributed by atoms with Gasteiger partial charge in [-0.1, -0.05) is 22.0 Å². The molecular weight excluding hydrogens is 274 g/mol. The zero-order valence-electron chi connectivity index (χ0n) is 8.79. The summed E-state index contributed by atoms with van der Waals surface area (Å²) in [4.78, 5) is 21.8. The van der Waals surface area contributed by atoms with Crippen LogP contribution in [0.25, 0.3) is 0 Å². The summed E-state index contributed by atoms with van der Waals surface area (Å²) >= 11 is 3.33. The van der Waals surface area contributed by atoms with Gasteiger partial charge in [0.1, 0.15) is 0 Å². The predicted octanol–water partition coefficient (Wildman–Crippen LogP) is 1.96. The van der Waals surface area contributed by atoms with Crippen molar-refractivity contribution in [3.8, 4) is 0 Å². The van der Waals surface area contributed by atoms with Gasteiger partial charge in [-0.2, -0.15) is 0 Å². The van der Waals surface area contributed by atoms with Crippen molar-refractivity contribution < 1.29 is 14.7 Å². The minimum atomic E-state index is -0.926. The zero-order valence-corrected chi connectivity index (χ0v) is 10.4.